The summed E-state index contributed by atoms with van der Waals surface area (Å²) in [6, 6.07) is 0.525. The van der Waals surface area contributed by atoms with Crippen LogP contribution in [0.25, 0.3) is 0 Å². The van der Waals surface area contributed by atoms with Gasteiger partial charge in [-0.25, -0.2) is 0 Å². The van der Waals surface area contributed by atoms with E-state index in [4.69, 9.17) is 4.52 Å². The van der Waals surface area contributed by atoms with Gasteiger partial charge in [-0.3, -0.25) is 0 Å². The fourth-order valence-electron chi connectivity index (χ4n) is 2.08. The zero-order valence-corrected chi connectivity index (χ0v) is 8.08. The fourth-order valence-corrected chi connectivity index (χ4v) is 2.08. The van der Waals surface area contributed by atoms with Gasteiger partial charge in [-0.2, -0.15) is 4.98 Å². The summed E-state index contributed by atoms with van der Waals surface area (Å²) >= 11 is 0. The van der Waals surface area contributed by atoms with Crippen molar-refractivity contribution in [2.75, 3.05) is 7.05 Å². The van der Waals surface area contributed by atoms with Crippen LogP contribution in [-0.4, -0.2) is 23.2 Å². The van der Waals surface area contributed by atoms with Gasteiger partial charge in [0.15, 0.2) is 5.82 Å². The lowest BCUT2D eigenvalue weighted by atomic mass is 10.0. The number of aryl methyl sites for hydroxylation is 1. The number of nitrogens with one attached hydrogen (secondary N) is 1. The quantitative estimate of drug-likeness (QED) is 0.745. The van der Waals surface area contributed by atoms with Gasteiger partial charge in [0.2, 0.25) is 5.89 Å². The lowest BCUT2D eigenvalue weighted by Crippen LogP contribution is -2.28. The number of rotatable bonds is 2. The molecule has 13 heavy (non-hydrogen) atoms. The van der Waals surface area contributed by atoms with Crippen LogP contribution in [0.4, 0.5) is 0 Å². The molecule has 1 aliphatic rings. The molecule has 4 nitrogen and oxygen atoms in total. The first-order valence-corrected chi connectivity index (χ1v) is 4.78. The molecule has 0 aromatic carbocycles. The highest BCUT2D eigenvalue weighted by Gasteiger charge is 2.30. The first kappa shape index (κ1) is 8.69. The third kappa shape index (κ3) is 1.58. The van der Waals surface area contributed by atoms with Crippen LogP contribution in [0.2, 0.25) is 0 Å². The van der Waals surface area contributed by atoms with Crippen LogP contribution < -0.4 is 5.32 Å². The number of hydrogen-bond acceptors (Lipinski definition) is 4. The van der Waals surface area contributed by atoms with Crippen LogP contribution in [0.15, 0.2) is 4.52 Å². The molecule has 0 radical (unpaired) electrons. The zero-order chi connectivity index (χ0) is 9.26. The van der Waals surface area contributed by atoms with Gasteiger partial charge >= 0.3 is 0 Å². The second kappa shape index (κ2) is 3.46. The Labute approximate surface area is 77.7 Å². The first-order chi connectivity index (χ1) is 6.31. The van der Waals surface area contributed by atoms with E-state index >= 15 is 0 Å². The molecule has 0 amide bonds. The molecule has 0 unspecified atom stereocenters. The molecule has 1 saturated carbocycles. The topological polar surface area (TPSA) is 51.0 Å². The molecule has 1 aromatic heterocycles. The van der Waals surface area contributed by atoms with Crippen molar-refractivity contribution >= 4 is 0 Å². The lowest BCUT2D eigenvalue weighted by Gasteiger charge is -2.14. The van der Waals surface area contributed by atoms with Gasteiger partial charge in [-0.05, 0) is 19.9 Å². The van der Waals surface area contributed by atoms with Gasteiger partial charge in [0.25, 0.3) is 0 Å². The lowest BCUT2D eigenvalue weighted by molar-refractivity contribution is 0.378. The molecule has 1 fully saturated rings. The van der Waals surface area contributed by atoms with E-state index in [1.54, 1.807) is 0 Å². The van der Waals surface area contributed by atoms with Crippen molar-refractivity contribution in [2.45, 2.75) is 38.1 Å². The summed E-state index contributed by atoms with van der Waals surface area (Å²) in [7, 11) is 2.00. The Bertz CT molecular complexity index is 284. The summed E-state index contributed by atoms with van der Waals surface area (Å²) in [6.45, 7) is 1.83. The van der Waals surface area contributed by atoms with Crippen molar-refractivity contribution in [1.82, 2.24) is 15.5 Å². The van der Waals surface area contributed by atoms with Gasteiger partial charge in [-0.1, -0.05) is 11.6 Å². The molecule has 1 N–H and O–H groups in total. The van der Waals surface area contributed by atoms with Crippen molar-refractivity contribution < 1.29 is 4.52 Å². The van der Waals surface area contributed by atoms with E-state index in [1.807, 2.05) is 14.0 Å². The first-order valence-electron chi connectivity index (χ1n) is 4.78. The SMILES string of the molecule is CN[C@H]1CCC[C@@H]1c1noc(C)n1. The highest BCUT2D eigenvalue weighted by atomic mass is 16.5. The molecular weight excluding hydrogens is 166 g/mol. The van der Waals surface area contributed by atoms with E-state index in [0.29, 0.717) is 17.9 Å². The van der Waals surface area contributed by atoms with Crippen molar-refractivity contribution in [3.8, 4) is 0 Å². The normalized spacial score (nSPS) is 28.2. The predicted molar refractivity (Wildman–Crippen MR) is 48.5 cm³/mol. The Hall–Kier alpha value is -0.900. The average Bonchev–Trinajstić information content (AvgIpc) is 2.71. The summed E-state index contributed by atoms with van der Waals surface area (Å²) in [4.78, 5) is 4.27. The Morgan fingerprint density at radius 3 is 2.92 bits per heavy atom. The predicted octanol–water partition coefficient (Wildman–Crippen LogP) is 1.23. The van der Waals surface area contributed by atoms with E-state index in [9.17, 15) is 0 Å². The molecule has 1 aliphatic carbocycles. The van der Waals surface area contributed by atoms with Crippen molar-refractivity contribution in [3.05, 3.63) is 11.7 Å². The van der Waals surface area contributed by atoms with Crippen molar-refractivity contribution in [2.24, 2.45) is 0 Å². The largest absolute Gasteiger partial charge is 0.340 e. The summed E-state index contributed by atoms with van der Waals surface area (Å²) < 4.78 is 4.98. The molecule has 1 heterocycles. The monoisotopic (exact) mass is 181 g/mol. The van der Waals surface area contributed by atoms with E-state index in [-0.39, 0.29) is 0 Å². The highest BCUT2D eigenvalue weighted by Crippen LogP contribution is 2.32. The second-order valence-electron chi connectivity index (χ2n) is 3.60. The summed E-state index contributed by atoms with van der Waals surface area (Å²) in [5.41, 5.74) is 0. The summed E-state index contributed by atoms with van der Waals surface area (Å²) in [6.07, 6.45) is 3.64. The van der Waals surface area contributed by atoms with Crippen LogP contribution >= 0.6 is 0 Å². The molecule has 0 saturated heterocycles. The van der Waals surface area contributed by atoms with E-state index in [1.165, 1.54) is 19.3 Å². The zero-order valence-electron chi connectivity index (χ0n) is 8.08. The van der Waals surface area contributed by atoms with Crippen LogP contribution in [0.5, 0.6) is 0 Å². The maximum Gasteiger partial charge on any atom is 0.223 e. The maximum absolute atomic E-state index is 4.98. The maximum atomic E-state index is 4.98. The standard InChI is InChI=1S/C9H15N3O/c1-6-11-9(12-13-6)7-4-3-5-8(7)10-2/h7-8,10H,3-5H2,1-2H3/t7-,8-/m0/s1. The Morgan fingerprint density at radius 1 is 1.46 bits per heavy atom. The van der Waals surface area contributed by atoms with E-state index in [2.05, 4.69) is 15.5 Å². The van der Waals surface area contributed by atoms with Crippen molar-refractivity contribution in [1.29, 1.82) is 0 Å². The molecule has 0 spiro atoms. The molecule has 4 heteroatoms. The highest BCUT2D eigenvalue weighted by molar-refractivity contribution is 5.03. The minimum absolute atomic E-state index is 0.447. The van der Waals surface area contributed by atoms with Gasteiger partial charge in [-0.15, -0.1) is 0 Å². The molecule has 2 rings (SSSR count). The molecular formula is C9H15N3O. The van der Waals surface area contributed by atoms with Crippen LogP contribution in [0.3, 0.4) is 0 Å². The number of nitrogens with zero attached hydrogens (tertiary/aromatic N) is 2. The summed E-state index contributed by atoms with van der Waals surface area (Å²) in [5.74, 6) is 1.98. The number of aromatic nitrogens is 2. The van der Waals surface area contributed by atoms with Gasteiger partial charge in [0.05, 0.1) is 0 Å². The van der Waals surface area contributed by atoms with Crippen LogP contribution in [-0.2, 0) is 0 Å². The second-order valence-corrected chi connectivity index (χ2v) is 3.60. The fraction of sp³-hybridized carbons (Fsp3) is 0.778. The Morgan fingerprint density at radius 2 is 2.31 bits per heavy atom. The van der Waals surface area contributed by atoms with Crippen LogP contribution in [0.1, 0.15) is 36.9 Å². The van der Waals surface area contributed by atoms with E-state index < -0.39 is 0 Å². The molecule has 2 atom stereocenters. The minimum atomic E-state index is 0.447. The smallest absolute Gasteiger partial charge is 0.223 e. The van der Waals surface area contributed by atoms with Gasteiger partial charge < -0.3 is 9.84 Å². The number of hydrogen-bond donors (Lipinski definition) is 1. The minimum Gasteiger partial charge on any atom is -0.340 e. The van der Waals surface area contributed by atoms with Crippen LogP contribution in [0, 0.1) is 6.92 Å². The Kier molecular flexibility index (Phi) is 2.31. The van der Waals surface area contributed by atoms with Crippen molar-refractivity contribution in [3.63, 3.8) is 0 Å². The molecule has 0 aliphatic heterocycles. The Balaban J connectivity index is 2.15. The average molecular weight is 181 g/mol. The van der Waals surface area contributed by atoms with Gasteiger partial charge in [0.1, 0.15) is 0 Å². The molecule has 1 aromatic rings. The third-order valence-electron chi connectivity index (χ3n) is 2.76. The third-order valence-corrected chi connectivity index (χ3v) is 2.76. The molecule has 72 valence electrons. The van der Waals surface area contributed by atoms with Gasteiger partial charge in [0, 0.05) is 18.9 Å². The summed E-state index contributed by atoms with van der Waals surface area (Å²) in [5, 5.41) is 7.27. The van der Waals surface area contributed by atoms with E-state index in [0.717, 1.165) is 5.82 Å². The number of likely N-dealkylation sites (N-methyl/N-ethyl adjacent to an activating group) is 1. The molecule has 0 bridgehead atoms.